The van der Waals surface area contributed by atoms with Gasteiger partial charge in [-0.1, -0.05) is 18.2 Å². The average molecular weight is 309 g/mol. The van der Waals surface area contributed by atoms with Crippen molar-refractivity contribution in [2.45, 2.75) is 18.9 Å². The second kappa shape index (κ2) is 5.66. The Hall–Kier alpha value is -2.40. The van der Waals surface area contributed by atoms with Crippen molar-refractivity contribution >= 4 is 11.4 Å². The van der Waals surface area contributed by atoms with Crippen LogP contribution in [0, 0.1) is 10.1 Å². The highest BCUT2D eigenvalue weighted by Gasteiger charge is 2.30. The Balaban J connectivity index is 1.74. The molecule has 0 spiro atoms. The van der Waals surface area contributed by atoms with Crippen LogP contribution in [0.4, 0.5) is 11.4 Å². The van der Waals surface area contributed by atoms with Crippen molar-refractivity contribution in [3.05, 3.63) is 58.1 Å². The Morgan fingerprint density at radius 1 is 1.17 bits per heavy atom. The molecule has 4 rings (SSSR count). The van der Waals surface area contributed by atoms with Crippen LogP contribution in [0.15, 0.2) is 42.5 Å². The molecule has 0 aromatic heterocycles. The summed E-state index contributed by atoms with van der Waals surface area (Å²) in [4.78, 5) is 13.4. The molecule has 0 bridgehead atoms. The number of anilines is 1. The van der Waals surface area contributed by atoms with Gasteiger partial charge in [0, 0.05) is 30.9 Å². The highest BCUT2D eigenvalue weighted by atomic mass is 16.6. The molecule has 0 amide bonds. The molecule has 2 aromatic rings. The van der Waals surface area contributed by atoms with E-state index < -0.39 is 0 Å². The molecule has 1 N–H and O–H groups in total. The number of nitrogens with zero attached hydrogens (tertiary/aromatic N) is 2. The van der Waals surface area contributed by atoms with E-state index in [9.17, 15) is 10.1 Å². The van der Waals surface area contributed by atoms with Crippen molar-refractivity contribution in [1.29, 1.82) is 0 Å². The van der Waals surface area contributed by atoms with Gasteiger partial charge in [0.25, 0.3) is 5.69 Å². The van der Waals surface area contributed by atoms with E-state index in [0.717, 1.165) is 38.0 Å². The summed E-state index contributed by atoms with van der Waals surface area (Å²) in [6, 6.07) is 13.8. The molecule has 1 fully saturated rings. The predicted octanol–water partition coefficient (Wildman–Crippen LogP) is 2.99. The lowest BCUT2D eigenvalue weighted by Gasteiger charge is -2.24. The number of hydrogen-bond acceptors (Lipinski definition) is 4. The third-order valence-electron chi connectivity index (χ3n) is 4.88. The van der Waals surface area contributed by atoms with Crippen LogP contribution in [0.1, 0.15) is 12.0 Å². The van der Waals surface area contributed by atoms with E-state index in [1.165, 1.54) is 11.3 Å². The predicted molar refractivity (Wildman–Crippen MR) is 90.9 cm³/mol. The van der Waals surface area contributed by atoms with Gasteiger partial charge < -0.3 is 10.2 Å². The summed E-state index contributed by atoms with van der Waals surface area (Å²) >= 11 is 0. The molecule has 118 valence electrons. The normalized spacial score (nSPS) is 19.8. The summed E-state index contributed by atoms with van der Waals surface area (Å²) in [6.45, 7) is 3.11. The van der Waals surface area contributed by atoms with Crippen LogP contribution in [0.5, 0.6) is 0 Å². The molecular formula is C18H19N3O2. The molecule has 0 radical (unpaired) electrons. The van der Waals surface area contributed by atoms with Crippen LogP contribution in [0.2, 0.25) is 0 Å². The zero-order valence-corrected chi connectivity index (χ0v) is 12.9. The number of nitro groups is 1. The first-order chi connectivity index (χ1) is 11.2. The maximum atomic E-state index is 11.3. The zero-order chi connectivity index (χ0) is 15.8. The molecule has 5 heteroatoms. The van der Waals surface area contributed by atoms with E-state index >= 15 is 0 Å². The molecule has 5 nitrogen and oxygen atoms in total. The van der Waals surface area contributed by atoms with Crippen LogP contribution in [-0.2, 0) is 6.42 Å². The van der Waals surface area contributed by atoms with Crippen LogP contribution in [-0.4, -0.2) is 30.6 Å². The fraction of sp³-hybridized carbons (Fsp3) is 0.333. The van der Waals surface area contributed by atoms with Gasteiger partial charge in [-0.25, -0.2) is 0 Å². The van der Waals surface area contributed by atoms with Gasteiger partial charge in [-0.05, 0) is 48.7 Å². The molecule has 1 saturated heterocycles. The van der Waals surface area contributed by atoms with Gasteiger partial charge in [0.15, 0.2) is 0 Å². The zero-order valence-electron chi connectivity index (χ0n) is 12.9. The molecule has 2 heterocycles. The fourth-order valence-electron chi connectivity index (χ4n) is 3.79. The summed E-state index contributed by atoms with van der Waals surface area (Å²) in [5.41, 5.74) is 4.41. The number of rotatable bonds is 2. The van der Waals surface area contributed by atoms with Gasteiger partial charge in [0.1, 0.15) is 0 Å². The number of nitrogens with one attached hydrogen (secondary N) is 1. The molecule has 2 aromatic carbocycles. The second-order valence-corrected chi connectivity index (χ2v) is 6.21. The molecule has 0 saturated carbocycles. The van der Waals surface area contributed by atoms with Gasteiger partial charge in [0.2, 0.25) is 0 Å². The van der Waals surface area contributed by atoms with Crippen LogP contribution in [0.25, 0.3) is 11.1 Å². The number of nitro benzene ring substituents is 1. The van der Waals surface area contributed by atoms with Crippen molar-refractivity contribution in [2.24, 2.45) is 0 Å². The number of hydrogen-bond donors (Lipinski definition) is 1. The lowest BCUT2D eigenvalue weighted by Crippen LogP contribution is -2.32. The van der Waals surface area contributed by atoms with Gasteiger partial charge >= 0.3 is 0 Å². The van der Waals surface area contributed by atoms with Crippen LogP contribution >= 0.6 is 0 Å². The monoisotopic (exact) mass is 309 g/mol. The minimum atomic E-state index is -0.304. The van der Waals surface area contributed by atoms with Gasteiger partial charge in [-0.15, -0.1) is 0 Å². The van der Waals surface area contributed by atoms with Gasteiger partial charge in [-0.2, -0.15) is 0 Å². The lowest BCUT2D eigenvalue weighted by atomic mass is 9.99. The standard InChI is InChI=1S/C18H19N3O2/c22-21(23)18-4-2-1-3-16(18)13-5-6-17-14(11-13)12-15-7-8-19-9-10-20(15)17/h1-6,11,15,19H,7-10,12H2. The van der Waals surface area contributed by atoms with E-state index in [1.54, 1.807) is 12.1 Å². The summed E-state index contributed by atoms with van der Waals surface area (Å²) in [7, 11) is 0. The van der Waals surface area contributed by atoms with E-state index in [-0.39, 0.29) is 10.6 Å². The lowest BCUT2D eigenvalue weighted by molar-refractivity contribution is -0.384. The fourth-order valence-corrected chi connectivity index (χ4v) is 3.79. The third-order valence-corrected chi connectivity index (χ3v) is 4.88. The summed E-state index contributed by atoms with van der Waals surface area (Å²) in [5.74, 6) is 0. The van der Waals surface area contributed by atoms with E-state index in [1.807, 2.05) is 18.2 Å². The molecule has 1 unspecified atom stereocenters. The number of fused-ring (bicyclic) bond motifs is 3. The maximum Gasteiger partial charge on any atom is 0.277 e. The minimum Gasteiger partial charge on any atom is -0.367 e. The first-order valence-electron chi connectivity index (χ1n) is 8.08. The van der Waals surface area contributed by atoms with E-state index in [0.29, 0.717) is 11.6 Å². The average Bonchev–Trinajstić information content (AvgIpc) is 2.75. The maximum absolute atomic E-state index is 11.3. The topological polar surface area (TPSA) is 58.4 Å². The van der Waals surface area contributed by atoms with Crippen molar-refractivity contribution in [3.8, 4) is 11.1 Å². The van der Waals surface area contributed by atoms with Crippen molar-refractivity contribution in [2.75, 3.05) is 24.5 Å². The Bertz CT molecular complexity index is 760. The minimum absolute atomic E-state index is 0.171. The smallest absolute Gasteiger partial charge is 0.277 e. The Kier molecular flexibility index (Phi) is 3.50. The summed E-state index contributed by atoms with van der Waals surface area (Å²) in [5, 5.41) is 14.7. The Morgan fingerprint density at radius 3 is 2.91 bits per heavy atom. The van der Waals surface area contributed by atoms with Crippen molar-refractivity contribution in [3.63, 3.8) is 0 Å². The van der Waals surface area contributed by atoms with Gasteiger partial charge in [0.05, 0.1) is 10.5 Å². The Morgan fingerprint density at radius 2 is 2.04 bits per heavy atom. The highest BCUT2D eigenvalue weighted by molar-refractivity contribution is 5.77. The SMILES string of the molecule is O=[N+]([O-])c1ccccc1-c1ccc2c(c1)CC1CCNCCN21. The molecule has 23 heavy (non-hydrogen) atoms. The Labute approximate surface area is 135 Å². The summed E-state index contributed by atoms with van der Waals surface area (Å²) < 4.78 is 0. The van der Waals surface area contributed by atoms with Crippen LogP contribution < -0.4 is 10.2 Å². The third kappa shape index (κ3) is 2.47. The molecule has 0 aliphatic carbocycles. The largest absolute Gasteiger partial charge is 0.367 e. The van der Waals surface area contributed by atoms with Crippen molar-refractivity contribution < 1.29 is 4.92 Å². The summed E-state index contributed by atoms with van der Waals surface area (Å²) in [6.07, 6.45) is 2.18. The first-order valence-corrected chi connectivity index (χ1v) is 8.08. The highest BCUT2D eigenvalue weighted by Crippen LogP contribution is 2.38. The molecule has 2 aliphatic rings. The van der Waals surface area contributed by atoms with E-state index in [4.69, 9.17) is 0 Å². The molecular weight excluding hydrogens is 290 g/mol. The van der Waals surface area contributed by atoms with Gasteiger partial charge in [-0.3, -0.25) is 10.1 Å². The molecule has 2 aliphatic heterocycles. The molecule has 1 atom stereocenters. The van der Waals surface area contributed by atoms with Crippen molar-refractivity contribution in [1.82, 2.24) is 5.32 Å². The quantitative estimate of drug-likeness (QED) is 0.684. The number of para-hydroxylation sites is 1. The number of benzene rings is 2. The first kappa shape index (κ1) is 14.2. The van der Waals surface area contributed by atoms with E-state index in [2.05, 4.69) is 22.3 Å². The van der Waals surface area contributed by atoms with Crippen LogP contribution in [0.3, 0.4) is 0 Å². The second-order valence-electron chi connectivity index (χ2n) is 6.21.